The van der Waals surface area contributed by atoms with Crippen molar-refractivity contribution in [1.29, 1.82) is 0 Å². The Bertz CT molecular complexity index is 995. The highest BCUT2D eigenvalue weighted by molar-refractivity contribution is 6.01. The van der Waals surface area contributed by atoms with Gasteiger partial charge in [0.05, 0.1) is 12.2 Å². The number of hydrogen-bond donors (Lipinski definition) is 2. The molecule has 6 nitrogen and oxygen atoms in total. The number of allylic oxidation sites excluding steroid dienone is 4. The number of carbonyl (C=O) groups excluding carboxylic acids is 2. The number of rotatable bonds is 3. The Morgan fingerprint density at radius 1 is 1.14 bits per heavy atom. The molecular weight excluding hydrogens is 444 g/mol. The van der Waals surface area contributed by atoms with Gasteiger partial charge >= 0.3 is 0 Å². The molecule has 1 saturated heterocycles. The summed E-state index contributed by atoms with van der Waals surface area (Å²) in [4.78, 5) is 25.7. The molecule has 4 saturated carbocycles. The van der Waals surface area contributed by atoms with Crippen molar-refractivity contribution in [2.75, 3.05) is 6.61 Å². The van der Waals surface area contributed by atoms with E-state index in [1.54, 1.807) is 12.2 Å². The Kier molecular flexibility index (Phi) is 5.37. The molecule has 2 N–H and O–H groups in total. The first-order valence-corrected chi connectivity index (χ1v) is 13.7. The molecule has 1 aliphatic heterocycles. The third-order valence-electron chi connectivity index (χ3n) is 11.3. The van der Waals surface area contributed by atoms with E-state index in [1.807, 2.05) is 13.0 Å². The van der Waals surface area contributed by atoms with Gasteiger partial charge in [-0.2, -0.15) is 0 Å². The minimum absolute atomic E-state index is 0.0187. The van der Waals surface area contributed by atoms with Crippen LogP contribution in [0.15, 0.2) is 23.8 Å². The summed E-state index contributed by atoms with van der Waals surface area (Å²) in [7, 11) is 0. The van der Waals surface area contributed by atoms with Crippen LogP contribution in [0.5, 0.6) is 0 Å². The molecule has 6 heteroatoms. The summed E-state index contributed by atoms with van der Waals surface area (Å²) in [5.41, 5.74) is -1.11. The number of aliphatic hydroxyl groups is 2. The van der Waals surface area contributed by atoms with Crippen LogP contribution in [0.1, 0.15) is 78.6 Å². The van der Waals surface area contributed by atoms with E-state index in [0.717, 1.165) is 44.1 Å². The number of fused-ring (bicyclic) bond motifs is 7. The fourth-order valence-corrected chi connectivity index (χ4v) is 9.72. The van der Waals surface area contributed by atoms with Crippen molar-refractivity contribution in [2.24, 2.45) is 34.5 Å². The van der Waals surface area contributed by atoms with Crippen LogP contribution >= 0.6 is 0 Å². The van der Waals surface area contributed by atoms with Crippen molar-refractivity contribution in [3.63, 3.8) is 0 Å². The molecule has 0 radical (unpaired) electrons. The van der Waals surface area contributed by atoms with E-state index in [4.69, 9.17) is 9.47 Å². The van der Waals surface area contributed by atoms with Crippen LogP contribution in [0.2, 0.25) is 0 Å². The minimum atomic E-state index is -1.24. The lowest BCUT2D eigenvalue weighted by atomic mass is 9.46. The first-order valence-electron chi connectivity index (χ1n) is 13.7. The molecule has 0 amide bonds. The van der Waals surface area contributed by atoms with Gasteiger partial charge in [-0.05, 0) is 69.4 Å². The molecule has 9 atom stereocenters. The topological polar surface area (TPSA) is 93.1 Å². The monoisotopic (exact) mass is 484 g/mol. The number of aliphatic hydroxyl groups excluding tert-OH is 2. The molecule has 1 heterocycles. The zero-order valence-electron chi connectivity index (χ0n) is 21.3. The second-order valence-electron chi connectivity index (χ2n) is 12.8. The summed E-state index contributed by atoms with van der Waals surface area (Å²) < 4.78 is 13.6. The van der Waals surface area contributed by atoms with Crippen LogP contribution in [0.25, 0.3) is 0 Å². The quantitative estimate of drug-likeness (QED) is 0.631. The van der Waals surface area contributed by atoms with Crippen molar-refractivity contribution >= 4 is 11.6 Å². The standard InChI is InChI=1S/C29H40O6/c1-26-12-11-19(31)13-18(26)9-10-20-21-14-24-29(23(33)16-30,27(21,2)15-22(32)25(20)26)35-28(3,34-24)17-7-5-4-6-8-17/h11-13,17,20-22,24-25,30,32H,4-10,14-16H2,1-3H3/t20-,21-,22-,24+,25+,26-,27-,28?,29+/m0/s1. The molecule has 0 bridgehead atoms. The SMILES string of the molecule is CC1(C2CCCCC2)O[C@@H]2C[C@H]3[C@@H]4CCC5=CC(=O)C=C[C@]5(C)[C@H]4[C@@H](O)C[C@]3(C)[C@]2(C(=O)CO)O1. The number of hydrogen-bond acceptors (Lipinski definition) is 6. The summed E-state index contributed by atoms with van der Waals surface area (Å²) in [5.74, 6) is -0.578. The molecule has 192 valence electrons. The molecule has 0 aromatic carbocycles. The van der Waals surface area contributed by atoms with Gasteiger partial charge in [0.2, 0.25) is 0 Å². The predicted molar refractivity (Wildman–Crippen MR) is 129 cm³/mol. The maximum Gasteiger partial charge on any atom is 0.193 e. The summed E-state index contributed by atoms with van der Waals surface area (Å²) >= 11 is 0. The van der Waals surface area contributed by atoms with E-state index >= 15 is 0 Å². The number of ketones is 2. The van der Waals surface area contributed by atoms with E-state index in [2.05, 4.69) is 13.8 Å². The summed E-state index contributed by atoms with van der Waals surface area (Å²) in [6, 6.07) is 0. The van der Waals surface area contributed by atoms with Gasteiger partial charge in [-0.1, -0.05) is 44.8 Å². The third kappa shape index (κ3) is 3.03. The van der Waals surface area contributed by atoms with Gasteiger partial charge in [0.15, 0.2) is 23.0 Å². The lowest BCUT2D eigenvalue weighted by Crippen LogP contribution is -2.64. The Balaban J connectivity index is 1.39. The van der Waals surface area contributed by atoms with E-state index in [1.165, 1.54) is 6.42 Å². The van der Waals surface area contributed by atoms with Gasteiger partial charge in [-0.3, -0.25) is 9.59 Å². The van der Waals surface area contributed by atoms with Gasteiger partial charge in [-0.25, -0.2) is 0 Å². The molecule has 0 spiro atoms. The average molecular weight is 485 g/mol. The van der Waals surface area contributed by atoms with Crippen LogP contribution in [0.4, 0.5) is 0 Å². The van der Waals surface area contributed by atoms with Gasteiger partial charge in [0, 0.05) is 22.7 Å². The van der Waals surface area contributed by atoms with Gasteiger partial charge < -0.3 is 19.7 Å². The van der Waals surface area contributed by atoms with Crippen molar-refractivity contribution < 1.29 is 29.3 Å². The van der Waals surface area contributed by atoms with E-state index in [9.17, 15) is 19.8 Å². The Morgan fingerprint density at radius 3 is 2.60 bits per heavy atom. The predicted octanol–water partition coefficient (Wildman–Crippen LogP) is 3.89. The summed E-state index contributed by atoms with van der Waals surface area (Å²) in [6.45, 7) is 5.68. The fourth-order valence-electron chi connectivity index (χ4n) is 9.72. The van der Waals surface area contributed by atoms with E-state index in [0.29, 0.717) is 12.8 Å². The Morgan fingerprint density at radius 2 is 1.89 bits per heavy atom. The molecule has 6 rings (SSSR count). The normalized spacial score (nSPS) is 51.3. The summed E-state index contributed by atoms with van der Waals surface area (Å²) in [6.07, 6.45) is 12.8. The zero-order valence-corrected chi connectivity index (χ0v) is 21.3. The smallest absolute Gasteiger partial charge is 0.193 e. The number of ether oxygens (including phenoxy) is 2. The van der Waals surface area contributed by atoms with Gasteiger partial charge in [-0.15, -0.1) is 0 Å². The van der Waals surface area contributed by atoms with E-state index < -0.39 is 35.6 Å². The largest absolute Gasteiger partial charge is 0.393 e. The first-order chi connectivity index (χ1) is 16.6. The van der Waals surface area contributed by atoms with Crippen LogP contribution in [-0.2, 0) is 19.1 Å². The minimum Gasteiger partial charge on any atom is -0.393 e. The average Bonchev–Trinajstić information content (AvgIpc) is 3.27. The molecule has 6 aliphatic rings. The Labute approximate surface area is 208 Å². The second-order valence-corrected chi connectivity index (χ2v) is 12.8. The summed E-state index contributed by atoms with van der Waals surface area (Å²) in [5, 5.41) is 21.9. The van der Waals surface area contributed by atoms with Crippen molar-refractivity contribution in [3.05, 3.63) is 23.8 Å². The van der Waals surface area contributed by atoms with Crippen molar-refractivity contribution in [3.8, 4) is 0 Å². The highest BCUT2D eigenvalue weighted by Gasteiger charge is 2.77. The highest BCUT2D eigenvalue weighted by Crippen LogP contribution is 2.71. The van der Waals surface area contributed by atoms with Crippen molar-refractivity contribution in [1.82, 2.24) is 0 Å². The second kappa shape index (κ2) is 7.83. The molecule has 0 aromatic rings. The number of carbonyl (C=O) groups is 2. The molecule has 5 fully saturated rings. The molecular formula is C29H40O6. The molecule has 35 heavy (non-hydrogen) atoms. The lowest BCUT2D eigenvalue weighted by Gasteiger charge is -2.60. The number of Topliss-reactive ketones (excluding diaryl/α,β-unsaturated/α-hetero) is 1. The van der Waals surface area contributed by atoms with E-state index in [-0.39, 0.29) is 40.7 Å². The van der Waals surface area contributed by atoms with Crippen LogP contribution in [0.3, 0.4) is 0 Å². The van der Waals surface area contributed by atoms with Crippen molar-refractivity contribution in [2.45, 2.75) is 102 Å². The molecule has 1 unspecified atom stereocenters. The molecule has 5 aliphatic carbocycles. The maximum atomic E-state index is 13.6. The fraction of sp³-hybridized carbons (Fsp3) is 0.793. The van der Waals surface area contributed by atoms with Gasteiger partial charge in [0.1, 0.15) is 6.61 Å². The highest BCUT2D eigenvalue weighted by atomic mass is 16.8. The lowest BCUT2D eigenvalue weighted by molar-refractivity contribution is -0.254. The van der Waals surface area contributed by atoms with Crippen LogP contribution in [0, 0.1) is 34.5 Å². The first kappa shape index (κ1) is 24.0. The van der Waals surface area contributed by atoms with Gasteiger partial charge in [0.25, 0.3) is 0 Å². The van der Waals surface area contributed by atoms with Crippen LogP contribution < -0.4 is 0 Å². The zero-order chi connectivity index (χ0) is 24.8. The van der Waals surface area contributed by atoms with Crippen LogP contribution in [-0.4, -0.2) is 52.0 Å². The Hall–Kier alpha value is -1.34. The molecule has 0 aromatic heterocycles. The third-order valence-corrected chi connectivity index (χ3v) is 11.3. The maximum absolute atomic E-state index is 13.6.